The summed E-state index contributed by atoms with van der Waals surface area (Å²) in [6.07, 6.45) is 4.11. The van der Waals surface area contributed by atoms with Crippen LogP contribution in [0.5, 0.6) is 0 Å². The highest BCUT2D eigenvalue weighted by molar-refractivity contribution is 8.00. The number of nitrogens with zero attached hydrogens (tertiary/aromatic N) is 1. The molecule has 2 heterocycles. The molecule has 5 heteroatoms. The van der Waals surface area contributed by atoms with Crippen LogP contribution in [0.15, 0.2) is 18.3 Å². The van der Waals surface area contributed by atoms with E-state index in [0.29, 0.717) is 10.9 Å². The summed E-state index contributed by atoms with van der Waals surface area (Å²) in [5.41, 5.74) is 1.38. The Balaban J connectivity index is 1.89. The van der Waals surface area contributed by atoms with E-state index < -0.39 is 0 Å². The molecule has 0 saturated carbocycles. The summed E-state index contributed by atoms with van der Waals surface area (Å²) >= 11 is 1.94. The molecule has 2 rings (SSSR count). The summed E-state index contributed by atoms with van der Waals surface area (Å²) in [6.45, 7) is 0.745. The zero-order valence-corrected chi connectivity index (χ0v) is 10.7. The van der Waals surface area contributed by atoms with Crippen molar-refractivity contribution in [2.24, 2.45) is 0 Å². The van der Waals surface area contributed by atoms with Crippen molar-refractivity contribution in [2.75, 3.05) is 24.7 Å². The Labute approximate surface area is 106 Å². The van der Waals surface area contributed by atoms with Crippen molar-refractivity contribution in [1.29, 1.82) is 0 Å². The van der Waals surface area contributed by atoms with Crippen LogP contribution in [0.2, 0.25) is 0 Å². The Kier molecular flexibility index (Phi) is 4.25. The van der Waals surface area contributed by atoms with E-state index in [1.807, 2.05) is 24.9 Å². The van der Waals surface area contributed by atoms with Gasteiger partial charge in [0.2, 0.25) is 0 Å². The van der Waals surface area contributed by atoms with Crippen molar-refractivity contribution in [3.8, 4) is 0 Å². The minimum Gasteiger partial charge on any atom is -0.388 e. The summed E-state index contributed by atoms with van der Waals surface area (Å²) in [7, 11) is 1.83. The smallest absolute Gasteiger partial charge is 0.269 e. The molecule has 1 aromatic rings. The minimum atomic E-state index is -0.0883. The third-order valence-corrected chi connectivity index (χ3v) is 4.19. The molecule has 1 atom stereocenters. The first-order valence-electron chi connectivity index (χ1n) is 5.83. The lowest BCUT2D eigenvalue weighted by molar-refractivity contribution is 0.0949. The van der Waals surface area contributed by atoms with Gasteiger partial charge in [0.25, 0.3) is 5.91 Å². The Bertz CT molecular complexity index is 391. The number of hydrogen-bond donors (Lipinski definition) is 2. The number of hydrogen-bond acceptors (Lipinski definition) is 4. The SMILES string of the molecule is CNc1ccnc(C(=O)NCC2CCCS2)c1. The minimum absolute atomic E-state index is 0.0883. The Morgan fingerprint density at radius 1 is 1.65 bits per heavy atom. The molecule has 2 N–H and O–H groups in total. The van der Waals surface area contributed by atoms with Gasteiger partial charge in [-0.3, -0.25) is 9.78 Å². The molecule has 1 aliphatic rings. The number of pyridine rings is 1. The Morgan fingerprint density at radius 2 is 2.53 bits per heavy atom. The number of aromatic nitrogens is 1. The Morgan fingerprint density at radius 3 is 3.24 bits per heavy atom. The lowest BCUT2D eigenvalue weighted by Crippen LogP contribution is -2.30. The van der Waals surface area contributed by atoms with Gasteiger partial charge < -0.3 is 10.6 Å². The van der Waals surface area contributed by atoms with E-state index in [9.17, 15) is 4.79 Å². The number of rotatable bonds is 4. The molecule has 0 spiro atoms. The van der Waals surface area contributed by atoms with Gasteiger partial charge >= 0.3 is 0 Å². The van der Waals surface area contributed by atoms with Crippen molar-refractivity contribution < 1.29 is 4.79 Å². The topological polar surface area (TPSA) is 54.0 Å². The van der Waals surface area contributed by atoms with Crippen LogP contribution in [0, 0.1) is 0 Å². The lowest BCUT2D eigenvalue weighted by Gasteiger charge is -2.10. The van der Waals surface area contributed by atoms with E-state index in [1.165, 1.54) is 18.6 Å². The quantitative estimate of drug-likeness (QED) is 0.856. The zero-order chi connectivity index (χ0) is 12.1. The lowest BCUT2D eigenvalue weighted by atomic mass is 10.2. The number of thioether (sulfide) groups is 1. The molecule has 0 aliphatic carbocycles. The summed E-state index contributed by atoms with van der Waals surface area (Å²) in [5, 5.41) is 6.51. The first-order chi connectivity index (χ1) is 8.29. The van der Waals surface area contributed by atoms with E-state index in [0.717, 1.165) is 12.2 Å². The van der Waals surface area contributed by atoms with Crippen LogP contribution in [-0.4, -0.2) is 35.5 Å². The van der Waals surface area contributed by atoms with Gasteiger partial charge in [-0.2, -0.15) is 11.8 Å². The predicted molar refractivity (Wildman–Crippen MR) is 71.6 cm³/mol. The molecule has 1 aromatic heterocycles. The molecule has 1 fully saturated rings. The number of nitrogens with one attached hydrogen (secondary N) is 2. The van der Waals surface area contributed by atoms with E-state index in [-0.39, 0.29) is 5.91 Å². The molecule has 0 aromatic carbocycles. The highest BCUT2D eigenvalue weighted by Crippen LogP contribution is 2.25. The zero-order valence-electron chi connectivity index (χ0n) is 9.90. The molecule has 92 valence electrons. The second-order valence-electron chi connectivity index (χ2n) is 4.02. The fraction of sp³-hybridized carbons (Fsp3) is 0.500. The van der Waals surface area contributed by atoms with E-state index in [1.54, 1.807) is 12.3 Å². The van der Waals surface area contributed by atoms with Crippen LogP contribution in [0.4, 0.5) is 5.69 Å². The van der Waals surface area contributed by atoms with Crippen LogP contribution < -0.4 is 10.6 Å². The van der Waals surface area contributed by atoms with Crippen molar-refractivity contribution in [3.63, 3.8) is 0 Å². The van der Waals surface area contributed by atoms with Gasteiger partial charge in [0, 0.05) is 30.7 Å². The molecular weight excluding hydrogens is 234 g/mol. The molecule has 4 nitrogen and oxygen atoms in total. The van der Waals surface area contributed by atoms with Crippen LogP contribution in [-0.2, 0) is 0 Å². The maximum absolute atomic E-state index is 11.9. The third-order valence-electron chi connectivity index (χ3n) is 2.80. The average molecular weight is 251 g/mol. The normalized spacial score (nSPS) is 19.0. The highest BCUT2D eigenvalue weighted by Gasteiger charge is 2.17. The number of amides is 1. The van der Waals surface area contributed by atoms with Gasteiger partial charge in [-0.1, -0.05) is 0 Å². The summed E-state index contributed by atoms with van der Waals surface area (Å²) < 4.78 is 0. The number of anilines is 1. The van der Waals surface area contributed by atoms with Crippen molar-refractivity contribution in [2.45, 2.75) is 18.1 Å². The standard InChI is InChI=1S/C12H17N3OS/c1-13-9-4-5-14-11(7-9)12(16)15-8-10-3-2-6-17-10/h4-5,7,10H,2-3,6,8H2,1H3,(H,13,14)(H,15,16). The largest absolute Gasteiger partial charge is 0.388 e. The average Bonchev–Trinajstić information content (AvgIpc) is 2.89. The first-order valence-corrected chi connectivity index (χ1v) is 6.88. The molecule has 17 heavy (non-hydrogen) atoms. The third kappa shape index (κ3) is 3.36. The predicted octanol–water partition coefficient (Wildman–Crippen LogP) is 1.75. The molecule has 0 bridgehead atoms. The van der Waals surface area contributed by atoms with Gasteiger partial charge in [0.1, 0.15) is 5.69 Å². The van der Waals surface area contributed by atoms with Gasteiger partial charge in [0.15, 0.2) is 0 Å². The van der Waals surface area contributed by atoms with Crippen molar-refractivity contribution in [1.82, 2.24) is 10.3 Å². The second-order valence-corrected chi connectivity index (χ2v) is 5.43. The van der Waals surface area contributed by atoms with Crippen molar-refractivity contribution >= 4 is 23.4 Å². The van der Waals surface area contributed by atoms with Crippen LogP contribution in [0.3, 0.4) is 0 Å². The maximum Gasteiger partial charge on any atom is 0.269 e. The van der Waals surface area contributed by atoms with Gasteiger partial charge in [-0.15, -0.1) is 0 Å². The second kappa shape index (κ2) is 5.91. The van der Waals surface area contributed by atoms with Crippen LogP contribution in [0.1, 0.15) is 23.3 Å². The highest BCUT2D eigenvalue weighted by atomic mass is 32.2. The maximum atomic E-state index is 11.9. The molecule has 1 saturated heterocycles. The van der Waals surface area contributed by atoms with Crippen LogP contribution >= 0.6 is 11.8 Å². The first kappa shape index (κ1) is 12.2. The number of carbonyl (C=O) groups excluding carboxylic acids is 1. The van der Waals surface area contributed by atoms with Gasteiger partial charge in [-0.25, -0.2) is 0 Å². The molecule has 1 amide bonds. The molecule has 1 aliphatic heterocycles. The monoisotopic (exact) mass is 251 g/mol. The fourth-order valence-electron chi connectivity index (χ4n) is 1.81. The van der Waals surface area contributed by atoms with Gasteiger partial charge in [-0.05, 0) is 30.7 Å². The fourth-order valence-corrected chi connectivity index (χ4v) is 3.01. The number of carbonyl (C=O) groups is 1. The van der Waals surface area contributed by atoms with E-state index >= 15 is 0 Å². The summed E-state index contributed by atoms with van der Waals surface area (Å²) in [4.78, 5) is 15.9. The molecule has 1 unspecified atom stereocenters. The summed E-state index contributed by atoms with van der Waals surface area (Å²) in [6, 6.07) is 3.60. The Hall–Kier alpha value is -1.23. The van der Waals surface area contributed by atoms with Crippen LogP contribution in [0.25, 0.3) is 0 Å². The molecular formula is C12H17N3OS. The van der Waals surface area contributed by atoms with E-state index in [2.05, 4.69) is 15.6 Å². The summed E-state index contributed by atoms with van der Waals surface area (Å²) in [5.74, 6) is 1.13. The van der Waals surface area contributed by atoms with Gasteiger partial charge in [0.05, 0.1) is 0 Å². The molecule has 0 radical (unpaired) electrons. The van der Waals surface area contributed by atoms with E-state index in [4.69, 9.17) is 0 Å². The van der Waals surface area contributed by atoms with Crippen molar-refractivity contribution in [3.05, 3.63) is 24.0 Å².